The second-order valence-corrected chi connectivity index (χ2v) is 12.2. The zero-order chi connectivity index (χ0) is 30.1. The van der Waals surface area contributed by atoms with Gasteiger partial charge >= 0.3 is 11.9 Å². The molecule has 0 N–H and O–H groups in total. The molecule has 0 bridgehead atoms. The molecule has 0 heterocycles. The van der Waals surface area contributed by atoms with Crippen LogP contribution in [0.25, 0.3) is 0 Å². The molecule has 0 rings (SSSR count). The molecule has 5 nitrogen and oxygen atoms in total. The monoisotopic (exact) mass is 583 g/mol. The summed E-state index contributed by atoms with van der Waals surface area (Å²) in [7, 11) is 1.57. The van der Waals surface area contributed by atoms with Gasteiger partial charge in [0.2, 0.25) is 0 Å². The Morgan fingerprint density at radius 3 is 1.10 bits per heavy atom. The van der Waals surface area contributed by atoms with Crippen LogP contribution in [-0.4, -0.2) is 38.4 Å². The van der Waals surface area contributed by atoms with Gasteiger partial charge in [0.05, 0.1) is 6.61 Å². The zero-order valence-corrected chi connectivity index (χ0v) is 27.8. The number of ether oxygens (including phenoxy) is 3. The molecule has 0 radical (unpaired) electrons. The van der Waals surface area contributed by atoms with E-state index in [9.17, 15) is 9.59 Å². The van der Waals surface area contributed by atoms with Crippen molar-refractivity contribution in [3.8, 4) is 0 Å². The molecule has 0 aromatic carbocycles. The van der Waals surface area contributed by atoms with Crippen LogP contribution >= 0.6 is 0 Å². The van der Waals surface area contributed by atoms with Gasteiger partial charge in [0.15, 0.2) is 6.10 Å². The van der Waals surface area contributed by atoms with Crippen molar-refractivity contribution in [2.45, 2.75) is 200 Å². The van der Waals surface area contributed by atoms with E-state index in [-0.39, 0.29) is 25.2 Å². The number of rotatable bonds is 33. The maximum absolute atomic E-state index is 12.3. The summed E-state index contributed by atoms with van der Waals surface area (Å²) in [6, 6.07) is 0. The number of hydrogen-bond donors (Lipinski definition) is 0. The third-order valence-electron chi connectivity index (χ3n) is 8.05. The molecule has 0 amide bonds. The molecule has 0 aliphatic rings. The van der Waals surface area contributed by atoms with Crippen molar-refractivity contribution in [1.82, 2.24) is 0 Å². The standard InChI is InChI=1S/C36H70O5/c1-4-6-8-10-12-14-16-18-20-22-24-26-28-30-35(37)40-33-34(32-39-3)41-36(38)31-29-27-25-23-21-19-17-15-13-11-9-7-5-2/h34H,4-33H2,1-3H3/t34-/m0/s1. The summed E-state index contributed by atoms with van der Waals surface area (Å²) < 4.78 is 16.1. The van der Waals surface area contributed by atoms with Crippen LogP contribution in [0.15, 0.2) is 0 Å². The average Bonchev–Trinajstić information content (AvgIpc) is 2.96. The first-order valence-corrected chi connectivity index (χ1v) is 18.0. The van der Waals surface area contributed by atoms with Crippen LogP contribution in [-0.2, 0) is 23.8 Å². The van der Waals surface area contributed by atoms with Gasteiger partial charge in [-0.15, -0.1) is 0 Å². The Balaban J connectivity index is 3.63. The van der Waals surface area contributed by atoms with Crippen molar-refractivity contribution in [2.75, 3.05) is 20.3 Å². The normalized spacial score (nSPS) is 12.0. The topological polar surface area (TPSA) is 61.8 Å². The SMILES string of the molecule is CCCCCCCCCCCCCCCC(=O)OC[C@H](COC)OC(=O)CCCCCCCCCCCCCCC. The lowest BCUT2D eigenvalue weighted by atomic mass is 10.0. The fourth-order valence-corrected chi connectivity index (χ4v) is 5.38. The Kier molecular flexibility index (Phi) is 32.5. The van der Waals surface area contributed by atoms with E-state index in [4.69, 9.17) is 14.2 Å². The molecule has 0 fully saturated rings. The van der Waals surface area contributed by atoms with Gasteiger partial charge < -0.3 is 14.2 Å². The van der Waals surface area contributed by atoms with Gasteiger partial charge in [0.25, 0.3) is 0 Å². The summed E-state index contributed by atoms with van der Waals surface area (Å²) in [5.74, 6) is -0.426. The number of carbonyl (C=O) groups excluding carboxylic acids is 2. The molecule has 0 aliphatic heterocycles. The van der Waals surface area contributed by atoms with Crippen LogP contribution in [0.4, 0.5) is 0 Å². The molecule has 0 aromatic heterocycles. The molecule has 0 aliphatic carbocycles. The molecule has 1 atom stereocenters. The van der Waals surface area contributed by atoms with Crippen molar-refractivity contribution in [1.29, 1.82) is 0 Å². The van der Waals surface area contributed by atoms with E-state index >= 15 is 0 Å². The quantitative estimate of drug-likeness (QED) is 0.0569. The van der Waals surface area contributed by atoms with Gasteiger partial charge in [-0.05, 0) is 12.8 Å². The highest BCUT2D eigenvalue weighted by atomic mass is 16.6. The number of carbonyl (C=O) groups is 2. The van der Waals surface area contributed by atoms with Crippen molar-refractivity contribution in [2.24, 2.45) is 0 Å². The third-order valence-corrected chi connectivity index (χ3v) is 8.05. The zero-order valence-electron chi connectivity index (χ0n) is 27.8. The van der Waals surface area contributed by atoms with Gasteiger partial charge in [0, 0.05) is 20.0 Å². The van der Waals surface area contributed by atoms with Crippen molar-refractivity contribution in [3.05, 3.63) is 0 Å². The minimum Gasteiger partial charge on any atom is -0.462 e. The second kappa shape index (κ2) is 33.4. The lowest BCUT2D eigenvalue weighted by Crippen LogP contribution is -2.29. The van der Waals surface area contributed by atoms with Crippen LogP contribution < -0.4 is 0 Å². The summed E-state index contributed by atoms with van der Waals surface area (Å²) in [5, 5.41) is 0. The molecule has 244 valence electrons. The molecule has 5 heteroatoms. The van der Waals surface area contributed by atoms with E-state index in [0.717, 1.165) is 25.7 Å². The van der Waals surface area contributed by atoms with Crippen LogP contribution in [0.2, 0.25) is 0 Å². The Morgan fingerprint density at radius 1 is 0.439 bits per heavy atom. The van der Waals surface area contributed by atoms with E-state index in [1.807, 2.05) is 0 Å². The number of esters is 2. The first kappa shape index (κ1) is 39.9. The number of unbranched alkanes of at least 4 members (excludes halogenated alkanes) is 24. The highest BCUT2D eigenvalue weighted by Crippen LogP contribution is 2.15. The summed E-state index contributed by atoms with van der Waals surface area (Å²) in [4.78, 5) is 24.4. The summed E-state index contributed by atoms with van der Waals surface area (Å²) >= 11 is 0. The molecule has 0 aromatic rings. The molecule has 0 unspecified atom stereocenters. The summed E-state index contributed by atoms with van der Waals surface area (Å²) in [6.45, 7) is 4.86. The first-order chi connectivity index (χ1) is 20.1. The van der Waals surface area contributed by atoms with E-state index in [0.29, 0.717) is 12.8 Å². The van der Waals surface area contributed by atoms with Gasteiger partial charge in [-0.25, -0.2) is 0 Å². The summed E-state index contributed by atoms with van der Waals surface area (Å²) in [5.41, 5.74) is 0. The average molecular weight is 583 g/mol. The van der Waals surface area contributed by atoms with Crippen molar-refractivity contribution >= 4 is 11.9 Å². The lowest BCUT2D eigenvalue weighted by Gasteiger charge is -2.17. The van der Waals surface area contributed by atoms with Crippen molar-refractivity contribution in [3.63, 3.8) is 0 Å². The van der Waals surface area contributed by atoms with E-state index < -0.39 is 6.10 Å². The molecular formula is C36H70O5. The van der Waals surface area contributed by atoms with E-state index in [1.165, 1.54) is 141 Å². The highest BCUT2D eigenvalue weighted by Gasteiger charge is 2.17. The van der Waals surface area contributed by atoms with Crippen molar-refractivity contribution < 1.29 is 23.8 Å². The number of hydrogen-bond acceptors (Lipinski definition) is 5. The molecule has 0 saturated carbocycles. The minimum absolute atomic E-state index is 0.0788. The van der Waals surface area contributed by atoms with Gasteiger partial charge in [-0.3, -0.25) is 9.59 Å². The fraction of sp³-hybridized carbons (Fsp3) is 0.944. The fourth-order valence-electron chi connectivity index (χ4n) is 5.38. The Bertz CT molecular complexity index is 550. The maximum Gasteiger partial charge on any atom is 0.306 e. The van der Waals surface area contributed by atoms with Gasteiger partial charge in [-0.1, -0.05) is 168 Å². The van der Waals surface area contributed by atoms with Gasteiger partial charge in [-0.2, -0.15) is 0 Å². The second-order valence-electron chi connectivity index (χ2n) is 12.2. The van der Waals surface area contributed by atoms with Crippen LogP contribution in [0.1, 0.15) is 194 Å². The van der Waals surface area contributed by atoms with Gasteiger partial charge in [0.1, 0.15) is 6.61 Å². The largest absolute Gasteiger partial charge is 0.462 e. The van der Waals surface area contributed by atoms with E-state index in [2.05, 4.69) is 13.8 Å². The minimum atomic E-state index is -0.523. The predicted molar refractivity (Wildman–Crippen MR) is 173 cm³/mol. The first-order valence-electron chi connectivity index (χ1n) is 18.0. The Labute approximate surface area is 255 Å². The molecular weight excluding hydrogens is 512 g/mol. The van der Waals surface area contributed by atoms with E-state index in [1.54, 1.807) is 7.11 Å². The third kappa shape index (κ3) is 31.7. The van der Waals surface area contributed by atoms with Crippen LogP contribution in [0.5, 0.6) is 0 Å². The smallest absolute Gasteiger partial charge is 0.306 e. The molecule has 0 spiro atoms. The number of methoxy groups -OCH3 is 1. The molecule has 41 heavy (non-hydrogen) atoms. The Morgan fingerprint density at radius 2 is 0.756 bits per heavy atom. The molecule has 0 saturated heterocycles. The highest BCUT2D eigenvalue weighted by molar-refractivity contribution is 5.70. The van der Waals surface area contributed by atoms with Crippen LogP contribution in [0.3, 0.4) is 0 Å². The Hall–Kier alpha value is -1.10. The van der Waals surface area contributed by atoms with Crippen LogP contribution in [0, 0.1) is 0 Å². The predicted octanol–water partition coefficient (Wildman–Crippen LogP) is 11.1. The lowest BCUT2D eigenvalue weighted by molar-refractivity contribution is -0.162. The summed E-state index contributed by atoms with van der Waals surface area (Å²) in [6.07, 6.45) is 33.7. The maximum atomic E-state index is 12.3.